The lowest BCUT2D eigenvalue weighted by atomic mass is 9.97. The molecule has 3 aromatic rings. The van der Waals surface area contributed by atoms with E-state index in [1.165, 1.54) is 6.08 Å². The normalized spacial score (nSPS) is 14.9. The van der Waals surface area contributed by atoms with Gasteiger partial charge in [0.1, 0.15) is 18.3 Å². The third-order valence-corrected chi connectivity index (χ3v) is 5.70. The van der Waals surface area contributed by atoms with Gasteiger partial charge in [0.05, 0.1) is 19.8 Å². The summed E-state index contributed by atoms with van der Waals surface area (Å²) in [5, 5.41) is 19.8. The van der Waals surface area contributed by atoms with Crippen LogP contribution in [0.25, 0.3) is 0 Å². The number of hydrogen-bond acceptors (Lipinski definition) is 5. The minimum atomic E-state index is -4.51. The number of carbonyl (C=O) groups is 1. The van der Waals surface area contributed by atoms with E-state index in [1.807, 2.05) is 36.4 Å². The number of benzene rings is 3. The second kappa shape index (κ2) is 13.8. The summed E-state index contributed by atoms with van der Waals surface area (Å²) < 4.78 is 46.9. The van der Waals surface area contributed by atoms with Gasteiger partial charge in [0.25, 0.3) is 0 Å². The molecule has 0 aliphatic heterocycles. The topological polar surface area (TPSA) is 85.2 Å². The summed E-state index contributed by atoms with van der Waals surface area (Å²) in [7, 11) is 0. The van der Waals surface area contributed by atoms with Crippen LogP contribution < -0.4 is 0 Å². The number of aliphatic hydroxyl groups is 1. The van der Waals surface area contributed by atoms with Crippen molar-refractivity contribution in [2.45, 2.75) is 50.2 Å². The zero-order valence-electron chi connectivity index (χ0n) is 20.2. The van der Waals surface area contributed by atoms with Crippen LogP contribution in [0.15, 0.2) is 104 Å². The maximum Gasteiger partial charge on any atom is 0.377 e. The second-order valence-corrected chi connectivity index (χ2v) is 8.39. The number of halogens is 2. The van der Waals surface area contributed by atoms with Crippen molar-refractivity contribution >= 4 is 5.97 Å². The first kappa shape index (κ1) is 28.1. The van der Waals surface area contributed by atoms with Crippen LogP contribution in [0.3, 0.4) is 0 Å². The summed E-state index contributed by atoms with van der Waals surface area (Å²) in [5.41, 5.74) is 2.19. The highest BCUT2D eigenvalue weighted by atomic mass is 19.3. The average molecular weight is 513 g/mol. The summed E-state index contributed by atoms with van der Waals surface area (Å²) in [5.74, 6) is -6.99. The highest BCUT2D eigenvalue weighted by Crippen LogP contribution is 2.29. The van der Waals surface area contributed by atoms with E-state index in [0.29, 0.717) is 5.56 Å². The van der Waals surface area contributed by atoms with E-state index in [2.05, 4.69) is 6.58 Å². The van der Waals surface area contributed by atoms with Gasteiger partial charge in [-0.15, -0.1) is 6.58 Å². The molecule has 0 aliphatic carbocycles. The predicted molar refractivity (Wildman–Crippen MR) is 134 cm³/mol. The first-order valence-corrected chi connectivity index (χ1v) is 11.7. The van der Waals surface area contributed by atoms with Gasteiger partial charge in [-0.05, 0) is 16.7 Å². The summed E-state index contributed by atoms with van der Waals surface area (Å²) in [6.07, 6.45) is -5.51. The summed E-state index contributed by atoms with van der Waals surface area (Å²) in [6.45, 7) is 3.66. The van der Waals surface area contributed by atoms with Crippen molar-refractivity contribution in [1.82, 2.24) is 0 Å². The maximum absolute atomic E-state index is 14.6. The molecule has 3 aromatic carbocycles. The predicted octanol–water partition coefficient (Wildman–Crippen LogP) is 5.01. The van der Waals surface area contributed by atoms with Crippen molar-refractivity contribution in [2.75, 3.05) is 0 Å². The molecule has 0 unspecified atom stereocenters. The van der Waals surface area contributed by atoms with Gasteiger partial charge in [-0.2, -0.15) is 8.78 Å². The Morgan fingerprint density at radius 1 is 0.757 bits per heavy atom. The number of hydrogen-bond donors (Lipinski definition) is 2. The van der Waals surface area contributed by atoms with Crippen LogP contribution >= 0.6 is 0 Å². The zero-order valence-corrected chi connectivity index (χ0v) is 20.2. The van der Waals surface area contributed by atoms with Crippen LogP contribution in [0.1, 0.15) is 16.7 Å². The lowest BCUT2D eigenvalue weighted by molar-refractivity contribution is -0.226. The fourth-order valence-electron chi connectivity index (χ4n) is 3.67. The third kappa shape index (κ3) is 8.03. The molecule has 2 N–H and O–H groups in total. The lowest BCUT2D eigenvalue weighted by Gasteiger charge is -2.36. The number of alkyl halides is 2. The number of aliphatic hydroxyl groups excluding tert-OH is 1. The molecule has 0 saturated carbocycles. The molecule has 196 valence electrons. The number of ether oxygens (including phenoxy) is 3. The van der Waals surface area contributed by atoms with Crippen molar-refractivity contribution in [1.29, 1.82) is 0 Å². The van der Waals surface area contributed by atoms with Gasteiger partial charge < -0.3 is 24.4 Å². The summed E-state index contributed by atoms with van der Waals surface area (Å²) in [4.78, 5) is 11.3. The quantitative estimate of drug-likeness (QED) is 0.279. The Hall–Kier alpha value is -3.43. The number of carboxylic acid groups (broad SMARTS) is 1. The van der Waals surface area contributed by atoms with Gasteiger partial charge in [-0.25, -0.2) is 4.79 Å². The van der Waals surface area contributed by atoms with Crippen LogP contribution in [0.2, 0.25) is 0 Å². The smallest absolute Gasteiger partial charge is 0.377 e. The molecule has 0 heterocycles. The molecular weight excluding hydrogens is 482 g/mol. The monoisotopic (exact) mass is 512 g/mol. The molecular formula is C29H30F2O6. The maximum atomic E-state index is 14.6. The highest BCUT2D eigenvalue weighted by Gasteiger charge is 2.54. The van der Waals surface area contributed by atoms with Crippen molar-refractivity contribution in [3.8, 4) is 0 Å². The first-order valence-electron chi connectivity index (χ1n) is 11.7. The molecule has 6 nitrogen and oxygen atoms in total. The zero-order chi connectivity index (χ0) is 26.7. The number of aliphatic carboxylic acids is 1. The molecule has 8 heteroatoms. The summed E-state index contributed by atoms with van der Waals surface area (Å²) >= 11 is 0. The molecule has 0 bridgehead atoms. The lowest BCUT2D eigenvalue weighted by Crippen LogP contribution is -2.56. The highest BCUT2D eigenvalue weighted by molar-refractivity contribution is 5.76. The van der Waals surface area contributed by atoms with Crippen molar-refractivity contribution in [2.24, 2.45) is 0 Å². The number of carboxylic acids is 1. The molecule has 4 atom stereocenters. The molecule has 0 saturated heterocycles. The third-order valence-electron chi connectivity index (χ3n) is 5.70. The van der Waals surface area contributed by atoms with Gasteiger partial charge in [-0.3, -0.25) is 0 Å². The van der Waals surface area contributed by atoms with Crippen LogP contribution in [0.5, 0.6) is 0 Å². The van der Waals surface area contributed by atoms with Crippen molar-refractivity contribution in [3.05, 3.63) is 120 Å². The van der Waals surface area contributed by atoms with E-state index in [1.54, 1.807) is 54.6 Å². The average Bonchev–Trinajstić information content (AvgIpc) is 2.92. The van der Waals surface area contributed by atoms with Crippen molar-refractivity contribution < 1.29 is 38.0 Å². The molecule has 0 fully saturated rings. The van der Waals surface area contributed by atoms with Gasteiger partial charge >= 0.3 is 11.9 Å². The van der Waals surface area contributed by atoms with E-state index in [4.69, 9.17) is 19.3 Å². The molecule has 0 radical (unpaired) electrons. The fraction of sp³-hybridized carbons (Fsp3) is 0.276. The Labute approximate surface area is 214 Å². The van der Waals surface area contributed by atoms with E-state index < -0.39 is 36.3 Å². The number of rotatable bonds is 15. The molecule has 0 aromatic heterocycles. The largest absolute Gasteiger partial charge is 0.477 e. The first-order chi connectivity index (χ1) is 17.8. The van der Waals surface area contributed by atoms with Crippen LogP contribution in [0, 0.1) is 0 Å². The molecule has 0 spiro atoms. The van der Waals surface area contributed by atoms with E-state index in [0.717, 1.165) is 11.1 Å². The standard InChI is InChI=1S/C29H30F2O6/c1-2-24(35-18-21-12-6-3-7-13-21)25(36-19-22-14-8-4-9-15-22)26(27(32)29(30,31)28(33)34)37-20-23-16-10-5-11-17-23/h2-17,24-27,32H,1,18-20H2,(H,33,34)/t24-,25+,26-,27+/m1/s1. The van der Waals surface area contributed by atoms with Crippen LogP contribution in [0.4, 0.5) is 8.78 Å². The summed E-state index contributed by atoms with van der Waals surface area (Å²) in [6, 6.07) is 26.8. The Kier molecular flexibility index (Phi) is 10.5. The fourth-order valence-corrected chi connectivity index (χ4v) is 3.67. The Morgan fingerprint density at radius 3 is 1.51 bits per heavy atom. The Morgan fingerprint density at radius 2 is 1.14 bits per heavy atom. The molecule has 0 aliphatic rings. The molecule has 37 heavy (non-hydrogen) atoms. The van der Waals surface area contributed by atoms with E-state index in [-0.39, 0.29) is 19.8 Å². The van der Waals surface area contributed by atoms with Crippen LogP contribution in [-0.4, -0.2) is 46.5 Å². The Bertz CT molecular complexity index is 1100. The minimum absolute atomic E-state index is 0.0267. The molecule has 0 amide bonds. The van der Waals surface area contributed by atoms with E-state index >= 15 is 0 Å². The van der Waals surface area contributed by atoms with Gasteiger partial charge in [0, 0.05) is 0 Å². The Balaban J connectivity index is 1.92. The van der Waals surface area contributed by atoms with Gasteiger partial charge in [0.15, 0.2) is 6.10 Å². The van der Waals surface area contributed by atoms with Crippen molar-refractivity contribution in [3.63, 3.8) is 0 Å². The second-order valence-electron chi connectivity index (χ2n) is 8.39. The van der Waals surface area contributed by atoms with E-state index in [9.17, 15) is 18.7 Å². The van der Waals surface area contributed by atoms with Gasteiger partial charge in [-0.1, -0.05) is 97.1 Å². The van der Waals surface area contributed by atoms with Crippen LogP contribution in [-0.2, 0) is 38.8 Å². The SMILES string of the molecule is C=C[C@@H](OCc1ccccc1)[C@H](OCc1ccccc1)[C@@H](OCc1ccccc1)[C@H](O)C(F)(F)C(=O)O. The van der Waals surface area contributed by atoms with Gasteiger partial charge in [0.2, 0.25) is 0 Å². The molecule has 3 rings (SSSR count). The minimum Gasteiger partial charge on any atom is -0.477 e.